The smallest absolute Gasteiger partial charge is 0.175 e. The molecule has 0 spiro atoms. The van der Waals surface area contributed by atoms with Crippen LogP contribution in [-0.2, 0) is 11.8 Å². The quantitative estimate of drug-likeness (QED) is 0.901. The number of nitrogens with two attached hydrogens (primary N) is 1. The summed E-state index contributed by atoms with van der Waals surface area (Å²) in [5.74, 6) is 1.55. The maximum Gasteiger partial charge on any atom is 0.175 e. The second-order valence-electron chi connectivity index (χ2n) is 5.14. The molecular weight excluding hydrogens is 306 g/mol. The highest BCUT2D eigenvalue weighted by molar-refractivity contribution is 9.10. The van der Waals surface area contributed by atoms with Gasteiger partial charge in [0.2, 0.25) is 0 Å². The van der Waals surface area contributed by atoms with Crippen LogP contribution in [0.25, 0.3) is 0 Å². The van der Waals surface area contributed by atoms with Gasteiger partial charge in [-0.05, 0) is 52.4 Å². The van der Waals surface area contributed by atoms with Gasteiger partial charge >= 0.3 is 0 Å². The summed E-state index contributed by atoms with van der Waals surface area (Å²) in [5.41, 5.74) is 8.80. The third kappa shape index (κ3) is 2.25. The topological polar surface area (TPSA) is 44.5 Å². The van der Waals surface area contributed by atoms with E-state index >= 15 is 0 Å². The van der Waals surface area contributed by atoms with Crippen molar-refractivity contribution in [1.29, 1.82) is 0 Å². The Morgan fingerprint density at radius 1 is 1.32 bits per heavy atom. The second kappa shape index (κ2) is 5.71. The van der Waals surface area contributed by atoms with Crippen molar-refractivity contribution in [3.8, 4) is 11.5 Å². The first-order valence-electron chi connectivity index (χ1n) is 6.77. The average molecular weight is 328 g/mol. The van der Waals surface area contributed by atoms with Crippen molar-refractivity contribution >= 4 is 15.9 Å². The molecule has 4 heteroatoms. The summed E-state index contributed by atoms with van der Waals surface area (Å²) in [7, 11) is 3.35. The molecule has 1 aliphatic carbocycles. The monoisotopic (exact) mass is 327 g/mol. The standard InChI is InChI=1S/C15H22BrNO2/c1-4-10-11(15(9-17)6-5-7-15)8-12(18-2)14(19-3)13(10)16/h8H,4-7,9,17H2,1-3H3. The molecule has 1 aliphatic rings. The van der Waals surface area contributed by atoms with Crippen molar-refractivity contribution in [3.63, 3.8) is 0 Å². The Hall–Kier alpha value is -0.740. The van der Waals surface area contributed by atoms with Crippen LogP contribution in [-0.4, -0.2) is 20.8 Å². The minimum atomic E-state index is 0.132. The number of halogens is 1. The molecule has 0 saturated heterocycles. The Bertz CT molecular complexity index is 464. The van der Waals surface area contributed by atoms with Crippen LogP contribution in [0.1, 0.15) is 37.3 Å². The van der Waals surface area contributed by atoms with Crippen molar-refractivity contribution < 1.29 is 9.47 Å². The zero-order chi connectivity index (χ0) is 14.0. The summed E-state index contributed by atoms with van der Waals surface area (Å²) in [4.78, 5) is 0. The minimum absolute atomic E-state index is 0.132. The predicted molar refractivity (Wildman–Crippen MR) is 81.2 cm³/mol. The number of rotatable bonds is 5. The molecule has 0 unspecified atom stereocenters. The lowest BCUT2D eigenvalue weighted by atomic mass is 9.63. The fourth-order valence-electron chi connectivity index (χ4n) is 2.99. The van der Waals surface area contributed by atoms with E-state index in [1.54, 1.807) is 14.2 Å². The lowest BCUT2D eigenvalue weighted by Gasteiger charge is -2.43. The Morgan fingerprint density at radius 3 is 2.37 bits per heavy atom. The average Bonchev–Trinajstić information content (AvgIpc) is 2.37. The maximum atomic E-state index is 6.05. The molecular formula is C15H22BrNO2. The van der Waals surface area contributed by atoms with Crippen LogP contribution in [0, 0.1) is 0 Å². The van der Waals surface area contributed by atoms with E-state index in [9.17, 15) is 0 Å². The van der Waals surface area contributed by atoms with E-state index in [2.05, 4.69) is 28.9 Å². The molecule has 3 nitrogen and oxygen atoms in total. The van der Waals surface area contributed by atoms with Gasteiger partial charge in [-0.15, -0.1) is 0 Å². The van der Waals surface area contributed by atoms with Crippen molar-refractivity contribution in [3.05, 3.63) is 21.7 Å². The summed E-state index contributed by atoms with van der Waals surface area (Å²) in [5, 5.41) is 0. The molecule has 1 fully saturated rings. The lowest BCUT2D eigenvalue weighted by Crippen LogP contribution is -2.42. The van der Waals surface area contributed by atoms with E-state index in [1.165, 1.54) is 30.4 Å². The van der Waals surface area contributed by atoms with E-state index < -0.39 is 0 Å². The van der Waals surface area contributed by atoms with E-state index in [4.69, 9.17) is 15.2 Å². The Kier molecular flexibility index (Phi) is 4.41. The van der Waals surface area contributed by atoms with Gasteiger partial charge in [-0.1, -0.05) is 13.3 Å². The third-order valence-corrected chi connectivity index (χ3v) is 5.18. The zero-order valence-electron chi connectivity index (χ0n) is 11.9. The van der Waals surface area contributed by atoms with Crippen LogP contribution in [0.4, 0.5) is 0 Å². The molecule has 2 rings (SSSR count). The zero-order valence-corrected chi connectivity index (χ0v) is 13.5. The Labute approximate surface area is 123 Å². The van der Waals surface area contributed by atoms with Gasteiger partial charge in [0.1, 0.15) is 0 Å². The van der Waals surface area contributed by atoms with Crippen LogP contribution in [0.15, 0.2) is 10.5 Å². The number of hydrogen-bond acceptors (Lipinski definition) is 3. The fraction of sp³-hybridized carbons (Fsp3) is 0.600. The molecule has 1 aromatic rings. The van der Waals surface area contributed by atoms with E-state index in [0.717, 1.165) is 22.4 Å². The molecule has 0 aliphatic heterocycles. The number of ether oxygens (including phenoxy) is 2. The molecule has 2 N–H and O–H groups in total. The first-order valence-corrected chi connectivity index (χ1v) is 7.56. The molecule has 0 radical (unpaired) electrons. The SMILES string of the molecule is CCc1c(C2(CN)CCC2)cc(OC)c(OC)c1Br. The van der Waals surface area contributed by atoms with Crippen molar-refractivity contribution in [2.24, 2.45) is 5.73 Å². The van der Waals surface area contributed by atoms with E-state index in [0.29, 0.717) is 6.54 Å². The summed E-state index contributed by atoms with van der Waals surface area (Å²) in [6, 6.07) is 2.12. The first kappa shape index (κ1) is 14.7. The largest absolute Gasteiger partial charge is 0.493 e. The first-order chi connectivity index (χ1) is 9.13. The summed E-state index contributed by atoms with van der Waals surface area (Å²) >= 11 is 3.67. The van der Waals surface area contributed by atoms with Crippen LogP contribution in [0.2, 0.25) is 0 Å². The maximum absolute atomic E-state index is 6.05. The van der Waals surface area contributed by atoms with Gasteiger partial charge in [-0.2, -0.15) is 0 Å². The van der Waals surface area contributed by atoms with Gasteiger partial charge in [0, 0.05) is 12.0 Å². The van der Waals surface area contributed by atoms with Gasteiger partial charge in [-0.25, -0.2) is 0 Å². The highest BCUT2D eigenvalue weighted by Crippen LogP contribution is 2.50. The summed E-state index contributed by atoms with van der Waals surface area (Å²) in [6.07, 6.45) is 4.54. The molecule has 0 heterocycles. The van der Waals surface area contributed by atoms with Crippen molar-refractivity contribution in [2.45, 2.75) is 38.0 Å². The van der Waals surface area contributed by atoms with Gasteiger partial charge in [0.25, 0.3) is 0 Å². The highest BCUT2D eigenvalue weighted by atomic mass is 79.9. The third-order valence-electron chi connectivity index (χ3n) is 4.34. The highest BCUT2D eigenvalue weighted by Gasteiger charge is 2.40. The van der Waals surface area contributed by atoms with Crippen LogP contribution >= 0.6 is 15.9 Å². The number of benzene rings is 1. The van der Waals surface area contributed by atoms with Crippen LogP contribution in [0.3, 0.4) is 0 Å². The Morgan fingerprint density at radius 2 is 2.00 bits per heavy atom. The Balaban J connectivity index is 2.63. The molecule has 0 atom stereocenters. The molecule has 1 aromatic carbocycles. The molecule has 0 amide bonds. The van der Waals surface area contributed by atoms with Crippen LogP contribution in [0.5, 0.6) is 11.5 Å². The number of hydrogen-bond donors (Lipinski definition) is 1. The molecule has 0 bridgehead atoms. The summed E-state index contributed by atoms with van der Waals surface area (Å²) in [6.45, 7) is 2.86. The van der Waals surface area contributed by atoms with Gasteiger partial charge in [-0.3, -0.25) is 0 Å². The lowest BCUT2D eigenvalue weighted by molar-refractivity contribution is 0.249. The van der Waals surface area contributed by atoms with Crippen LogP contribution < -0.4 is 15.2 Å². The van der Waals surface area contributed by atoms with E-state index in [1.807, 2.05) is 0 Å². The summed E-state index contributed by atoms with van der Waals surface area (Å²) < 4.78 is 11.9. The minimum Gasteiger partial charge on any atom is -0.493 e. The van der Waals surface area contributed by atoms with Gasteiger partial charge in [0.05, 0.1) is 18.7 Å². The molecule has 1 saturated carbocycles. The van der Waals surface area contributed by atoms with Gasteiger partial charge < -0.3 is 15.2 Å². The number of methoxy groups -OCH3 is 2. The van der Waals surface area contributed by atoms with Crippen molar-refractivity contribution in [2.75, 3.05) is 20.8 Å². The second-order valence-corrected chi connectivity index (χ2v) is 5.94. The fourth-order valence-corrected chi connectivity index (χ4v) is 3.85. The molecule has 106 valence electrons. The van der Waals surface area contributed by atoms with Crippen molar-refractivity contribution in [1.82, 2.24) is 0 Å². The van der Waals surface area contributed by atoms with E-state index in [-0.39, 0.29) is 5.41 Å². The predicted octanol–water partition coefficient (Wildman–Crippen LogP) is 3.41. The normalized spacial score (nSPS) is 16.9. The molecule has 0 aromatic heterocycles. The molecule has 19 heavy (non-hydrogen) atoms. The van der Waals surface area contributed by atoms with Gasteiger partial charge in [0.15, 0.2) is 11.5 Å².